The molecule has 0 heterocycles. The fraction of sp³-hybridized carbons (Fsp3) is 0.467. The molecule has 1 saturated carbocycles. The minimum atomic E-state index is 0.430. The van der Waals surface area contributed by atoms with Gasteiger partial charge in [-0.3, -0.25) is 4.79 Å². The zero-order valence-electron chi connectivity index (χ0n) is 9.98. The summed E-state index contributed by atoms with van der Waals surface area (Å²) in [5.41, 5.74) is 2.01. The van der Waals surface area contributed by atoms with Crippen LogP contribution in [0.5, 0.6) is 0 Å². The third-order valence-corrected chi connectivity index (χ3v) is 3.59. The van der Waals surface area contributed by atoms with Crippen molar-refractivity contribution in [3.8, 4) is 6.07 Å². The number of nitriles is 1. The molecule has 0 radical (unpaired) electrons. The summed E-state index contributed by atoms with van der Waals surface area (Å²) >= 11 is 0. The van der Waals surface area contributed by atoms with Crippen LogP contribution < -0.4 is 0 Å². The molecule has 1 aromatic carbocycles. The quantitative estimate of drug-likeness (QED) is 0.795. The topological polar surface area (TPSA) is 40.9 Å². The molecule has 17 heavy (non-hydrogen) atoms. The van der Waals surface area contributed by atoms with Crippen LogP contribution in [-0.4, -0.2) is 5.78 Å². The Balaban J connectivity index is 1.81. The molecule has 0 aliphatic heterocycles. The number of nitrogens with zero attached hydrogens (tertiary/aromatic N) is 1. The van der Waals surface area contributed by atoms with Crippen LogP contribution in [0.15, 0.2) is 24.3 Å². The Bertz CT molecular complexity index is 417. The molecule has 0 N–H and O–H groups in total. The van der Waals surface area contributed by atoms with Gasteiger partial charge in [-0.1, -0.05) is 12.1 Å². The first-order chi connectivity index (χ1) is 8.28. The van der Waals surface area contributed by atoms with Crippen LogP contribution in [0.25, 0.3) is 0 Å². The van der Waals surface area contributed by atoms with Crippen molar-refractivity contribution in [2.24, 2.45) is 5.92 Å². The van der Waals surface area contributed by atoms with Crippen molar-refractivity contribution in [3.63, 3.8) is 0 Å². The number of aryl methyl sites for hydroxylation is 1. The Labute approximate surface area is 102 Å². The van der Waals surface area contributed by atoms with Crippen molar-refractivity contribution in [1.82, 2.24) is 0 Å². The van der Waals surface area contributed by atoms with Gasteiger partial charge in [0.25, 0.3) is 0 Å². The molecule has 2 heteroatoms. The molecule has 0 amide bonds. The van der Waals surface area contributed by atoms with E-state index < -0.39 is 0 Å². The van der Waals surface area contributed by atoms with Gasteiger partial charge in [0.15, 0.2) is 0 Å². The lowest BCUT2D eigenvalue weighted by Gasteiger charge is -2.20. The van der Waals surface area contributed by atoms with Gasteiger partial charge in [-0.05, 0) is 49.3 Å². The number of hydrogen-bond donors (Lipinski definition) is 0. The average Bonchev–Trinajstić information content (AvgIpc) is 2.39. The van der Waals surface area contributed by atoms with Crippen molar-refractivity contribution in [2.75, 3.05) is 0 Å². The minimum Gasteiger partial charge on any atom is -0.300 e. The molecule has 2 rings (SSSR count). The van der Waals surface area contributed by atoms with Crippen LogP contribution in [0.4, 0.5) is 0 Å². The molecular weight excluding hydrogens is 210 g/mol. The van der Waals surface area contributed by atoms with E-state index >= 15 is 0 Å². The van der Waals surface area contributed by atoms with Crippen LogP contribution in [-0.2, 0) is 11.2 Å². The van der Waals surface area contributed by atoms with Crippen molar-refractivity contribution in [1.29, 1.82) is 5.26 Å². The predicted octanol–water partition coefficient (Wildman–Crippen LogP) is 3.25. The largest absolute Gasteiger partial charge is 0.300 e. The molecule has 1 fully saturated rings. The van der Waals surface area contributed by atoms with Crippen LogP contribution in [0, 0.1) is 17.2 Å². The molecule has 0 saturated heterocycles. The van der Waals surface area contributed by atoms with Gasteiger partial charge in [0, 0.05) is 12.8 Å². The van der Waals surface area contributed by atoms with Gasteiger partial charge in [0.1, 0.15) is 5.78 Å². The van der Waals surface area contributed by atoms with E-state index in [0.29, 0.717) is 11.7 Å². The summed E-state index contributed by atoms with van der Waals surface area (Å²) in [4.78, 5) is 11.1. The van der Waals surface area contributed by atoms with E-state index in [1.54, 1.807) is 0 Å². The molecule has 0 atom stereocenters. The highest BCUT2D eigenvalue weighted by Crippen LogP contribution is 2.25. The molecule has 1 aliphatic rings. The van der Waals surface area contributed by atoms with Gasteiger partial charge in [0.05, 0.1) is 11.6 Å². The van der Waals surface area contributed by atoms with E-state index in [9.17, 15) is 4.79 Å². The number of benzene rings is 1. The van der Waals surface area contributed by atoms with Gasteiger partial charge in [-0.25, -0.2) is 0 Å². The molecule has 0 bridgehead atoms. The Morgan fingerprint density at radius 1 is 1.18 bits per heavy atom. The molecule has 1 aromatic rings. The maximum atomic E-state index is 11.1. The fourth-order valence-electron chi connectivity index (χ4n) is 2.40. The van der Waals surface area contributed by atoms with Crippen LogP contribution in [0.1, 0.15) is 43.2 Å². The van der Waals surface area contributed by atoms with Crippen LogP contribution in [0.3, 0.4) is 0 Å². The van der Waals surface area contributed by atoms with E-state index in [1.165, 1.54) is 12.0 Å². The first kappa shape index (κ1) is 11.9. The molecule has 0 unspecified atom stereocenters. The van der Waals surface area contributed by atoms with Crippen LogP contribution >= 0.6 is 0 Å². The first-order valence-corrected chi connectivity index (χ1v) is 6.28. The third kappa shape index (κ3) is 3.42. The van der Waals surface area contributed by atoms with E-state index in [0.717, 1.165) is 37.7 Å². The highest BCUT2D eigenvalue weighted by atomic mass is 16.1. The highest BCUT2D eigenvalue weighted by Gasteiger charge is 2.18. The second-order valence-electron chi connectivity index (χ2n) is 4.83. The maximum absolute atomic E-state index is 11.1. The normalized spacial score (nSPS) is 16.8. The van der Waals surface area contributed by atoms with Crippen molar-refractivity contribution in [2.45, 2.75) is 38.5 Å². The Morgan fingerprint density at radius 3 is 2.41 bits per heavy atom. The number of rotatable bonds is 3. The minimum absolute atomic E-state index is 0.430. The SMILES string of the molecule is N#Cc1ccc(CCC2CCC(=O)CC2)cc1. The van der Waals surface area contributed by atoms with E-state index in [-0.39, 0.29) is 0 Å². The Hall–Kier alpha value is -1.62. The zero-order chi connectivity index (χ0) is 12.1. The fourth-order valence-corrected chi connectivity index (χ4v) is 2.40. The van der Waals surface area contributed by atoms with Crippen LogP contribution in [0.2, 0.25) is 0 Å². The van der Waals surface area contributed by atoms with Gasteiger partial charge < -0.3 is 0 Å². The first-order valence-electron chi connectivity index (χ1n) is 6.28. The lowest BCUT2D eigenvalue weighted by Crippen LogP contribution is -2.14. The van der Waals surface area contributed by atoms with Crippen molar-refractivity contribution in [3.05, 3.63) is 35.4 Å². The second kappa shape index (κ2) is 5.63. The third-order valence-electron chi connectivity index (χ3n) is 3.59. The van der Waals surface area contributed by atoms with Gasteiger partial charge >= 0.3 is 0 Å². The average molecular weight is 227 g/mol. The number of carbonyl (C=O) groups is 1. The summed E-state index contributed by atoms with van der Waals surface area (Å²) in [7, 11) is 0. The monoisotopic (exact) mass is 227 g/mol. The van der Waals surface area contributed by atoms with Crippen molar-refractivity contribution < 1.29 is 4.79 Å². The molecule has 0 spiro atoms. The summed E-state index contributed by atoms with van der Waals surface area (Å²) < 4.78 is 0. The van der Waals surface area contributed by atoms with Gasteiger partial charge in [0.2, 0.25) is 0 Å². The smallest absolute Gasteiger partial charge is 0.132 e. The molecular formula is C15H17NO. The summed E-state index contributed by atoms with van der Waals surface area (Å²) in [6.07, 6.45) is 5.91. The number of ketones is 1. The van der Waals surface area contributed by atoms with E-state index in [4.69, 9.17) is 5.26 Å². The van der Waals surface area contributed by atoms with E-state index in [2.05, 4.69) is 6.07 Å². The van der Waals surface area contributed by atoms with Gasteiger partial charge in [-0.2, -0.15) is 5.26 Å². The maximum Gasteiger partial charge on any atom is 0.132 e. The Kier molecular flexibility index (Phi) is 3.93. The standard InChI is InChI=1S/C15H17NO/c16-11-14-5-3-12(4-6-14)1-2-13-7-9-15(17)10-8-13/h3-6,13H,1-2,7-10H2. The van der Waals surface area contributed by atoms with E-state index in [1.807, 2.05) is 24.3 Å². The Morgan fingerprint density at radius 2 is 1.82 bits per heavy atom. The summed E-state index contributed by atoms with van der Waals surface area (Å²) in [5.74, 6) is 1.14. The predicted molar refractivity (Wildman–Crippen MR) is 66.4 cm³/mol. The molecule has 0 aromatic heterocycles. The molecule has 1 aliphatic carbocycles. The number of Topliss-reactive ketones (excluding diaryl/α,β-unsaturated/α-hetero) is 1. The number of hydrogen-bond acceptors (Lipinski definition) is 2. The number of carbonyl (C=O) groups excluding carboxylic acids is 1. The summed E-state index contributed by atoms with van der Waals surface area (Å²) in [6.45, 7) is 0. The van der Waals surface area contributed by atoms with Gasteiger partial charge in [-0.15, -0.1) is 0 Å². The van der Waals surface area contributed by atoms with Crippen molar-refractivity contribution >= 4 is 5.78 Å². The summed E-state index contributed by atoms with van der Waals surface area (Å²) in [6, 6.07) is 9.95. The highest BCUT2D eigenvalue weighted by molar-refractivity contribution is 5.78. The zero-order valence-corrected chi connectivity index (χ0v) is 9.98. The lowest BCUT2D eigenvalue weighted by molar-refractivity contribution is -0.121. The second-order valence-corrected chi connectivity index (χ2v) is 4.83. The summed E-state index contributed by atoms with van der Waals surface area (Å²) in [5, 5.41) is 8.71. The molecule has 2 nitrogen and oxygen atoms in total. The lowest BCUT2D eigenvalue weighted by atomic mass is 9.84. The molecule has 88 valence electrons.